The molecule has 1 N–H and O–H groups in total. The maximum atomic E-state index is 12.2. The number of halogens is 1. The lowest BCUT2D eigenvalue weighted by Gasteiger charge is -2.15. The highest BCUT2D eigenvalue weighted by Gasteiger charge is 2.15. The van der Waals surface area contributed by atoms with E-state index in [9.17, 15) is 4.79 Å². The zero-order valence-corrected chi connectivity index (χ0v) is 13.1. The third-order valence-corrected chi connectivity index (χ3v) is 3.86. The molecule has 3 nitrogen and oxygen atoms in total. The first-order chi connectivity index (χ1) is 10.1. The molecule has 2 aromatic carbocycles. The summed E-state index contributed by atoms with van der Waals surface area (Å²) in [6, 6.07) is 17.5. The molecule has 1 atom stereocenters. The second kappa shape index (κ2) is 5.74. The van der Waals surface area contributed by atoms with Crippen LogP contribution in [0.15, 0.2) is 63.7 Å². The first kappa shape index (κ1) is 13.9. The van der Waals surface area contributed by atoms with Crippen LogP contribution in [0, 0.1) is 0 Å². The Hall–Kier alpha value is -2.07. The topological polar surface area (TPSA) is 42.2 Å². The van der Waals surface area contributed by atoms with E-state index in [-0.39, 0.29) is 11.9 Å². The predicted molar refractivity (Wildman–Crippen MR) is 86.2 cm³/mol. The molecular weight excluding hydrogens is 330 g/mol. The van der Waals surface area contributed by atoms with Crippen LogP contribution in [-0.2, 0) is 0 Å². The number of rotatable bonds is 3. The Bertz CT molecular complexity index is 789. The van der Waals surface area contributed by atoms with Crippen LogP contribution in [0.25, 0.3) is 10.8 Å². The van der Waals surface area contributed by atoms with E-state index in [0.29, 0.717) is 10.4 Å². The Kier molecular flexibility index (Phi) is 3.80. The van der Waals surface area contributed by atoms with E-state index < -0.39 is 0 Å². The van der Waals surface area contributed by atoms with Crippen LogP contribution >= 0.6 is 15.9 Å². The molecule has 0 aliphatic rings. The summed E-state index contributed by atoms with van der Waals surface area (Å²) in [7, 11) is 0. The van der Waals surface area contributed by atoms with Gasteiger partial charge in [-0.2, -0.15) is 0 Å². The number of carbonyl (C=O) groups is 1. The number of nitrogens with one attached hydrogen (secondary N) is 1. The summed E-state index contributed by atoms with van der Waals surface area (Å²) in [5.41, 5.74) is 1.09. The molecule has 0 aliphatic carbocycles. The zero-order chi connectivity index (χ0) is 14.8. The standard InChI is InChI=1S/C17H14BrNO2/c1-11(19-17(20)15-9-10-16(18)21-15)13-8-4-6-12-5-2-3-7-14(12)13/h2-11H,1H3,(H,19,20)/t11-/m1/s1. The summed E-state index contributed by atoms with van der Waals surface area (Å²) >= 11 is 3.20. The summed E-state index contributed by atoms with van der Waals surface area (Å²) < 4.78 is 5.82. The van der Waals surface area contributed by atoms with E-state index >= 15 is 0 Å². The molecule has 3 aromatic rings. The van der Waals surface area contributed by atoms with Gasteiger partial charge >= 0.3 is 0 Å². The fourth-order valence-corrected chi connectivity index (χ4v) is 2.72. The highest BCUT2D eigenvalue weighted by atomic mass is 79.9. The smallest absolute Gasteiger partial charge is 0.287 e. The maximum absolute atomic E-state index is 12.2. The van der Waals surface area contributed by atoms with Gasteiger partial charge in [0.1, 0.15) is 0 Å². The molecule has 0 bridgehead atoms. The van der Waals surface area contributed by atoms with Crippen molar-refractivity contribution in [1.29, 1.82) is 0 Å². The van der Waals surface area contributed by atoms with Crippen LogP contribution in [0.2, 0.25) is 0 Å². The molecule has 0 radical (unpaired) electrons. The number of amides is 1. The first-order valence-corrected chi connectivity index (χ1v) is 7.48. The molecule has 0 aliphatic heterocycles. The fourth-order valence-electron chi connectivity index (χ4n) is 2.41. The number of carbonyl (C=O) groups excluding carboxylic acids is 1. The molecule has 1 heterocycles. The third-order valence-electron chi connectivity index (χ3n) is 3.43. The van der Waals surface area contributed by atoms with Crippen molar-refractivity contribution in [3.05, 3.63) is 70.6 Å². The number of hydrogen-bond acceptors (Lipinski definition) is 2. The first-order valence-electron chi connectivity index (χ1n) is 6.69. The molecule has 0 saturated heterocycles. The molecule has 1 aromatic heterocycles. The minimum absolute atomic E-state index is 0.104. The minimum atomic E-state index is -0.221. The average Bonchev–Trinajstić information content (AvgIpc) is 2.93. The lowest BCUT2D eigenvalue weighted by Crippen LogP contribution is -2.26. The number of hydrogen-bond donors (Lipinski definition) is 1. The van der Waals surface area contributed by atoms with E-state index in [1.165, 1.54) is 0 Å². The van der Waals surface area contributed by atoms with Crippen molar-refractivity contribution in [1.82, 2.24) is 5.32 Å². The molecule has 0 unspecified atom stereocenters. The summed E-state index contributed by atoms with van der Waals surface area (Å²) in [6.07, 6.45) is 0. The summed E-state index contributed by atoms with van der Waals surface area (Å²) in [4.78, 5) is 12.2. The van der Waals surface area contributed by atoms with Gasteiger partial charge in [-0.05, 0) is 51.3 Å². The van der Waals surface area contributed by atoms with Gasteiger partial charge in [0.25, 0.3) is 5.91 Å². The van der Waals surface area contributed by atoms with Gasteiger partial charge in [-0.3, -0.25) is 4.79 Å². The van der Waals surface area contributed by atoms with Crippen LogP contribution < -0.4 is 5.32 Å². The van der Waals surface area contributed by atoms with E-state index in [0.717, 1.165) is 16.3 Å². The summed E-state index contributed by atoms with van der Waals surface area (Å²) in [6.45, 7) is 1.97. The molecule has 21 heavy (non-hydrogen) atoms. The summed E-state index contributed by atoms with van der Waals surface area (Å²) in [5, 5.41) is 5.27. The van der Waals surface area contributed by atoms with Crippen LogP contribution in [0.3, 0.4) is 0 Å². The Morgan fingerprint density at radius 1 is 1.10 bits per heavy atom. The van der Waals surface area contributed by atoms with Gasteiger partial charge in [-0.15, -0.1) is 0 Å². The van der Waals surface area contributed by atoms with Crippen molar-refractivity contribution in [2.75, 3.05) is 0 Å². The second-order valence-corrected chi connectivity index (χ2v) is 5.65. The Morgan fingerprint density at radius 3 is 2.62 bits per heavy atom. The van der Waals surface area contributed by atoms with Gasteiger partial charge in [0.05, 0.1) is 6.04 Å². The largest absolute Gasteiger partial charge is 0.444 e. The predicted octanol–water partition coefficient (Wildman–Crippen LogP) is 4.69. The lowest BCUT2D eigenvalue weighted by atomic mass is 9.99. The van der Waals surface area contributed by atoms with Gasteiger partial charge in [0.15, 0.2) is 10.4 Å². The van der Waals surface area contributed by atoms with Crippen molar-refractivity contribution >= 4 is 32.6 Å². The van der Waals surface area contributed by atoms with Crippen LogP contribution in [-0.4, -0.2) is 5.91 Å². The van der Waals surface area contributed by atoms with E-state index in [2.05, 4.69) is 39.4 Å². The second-order valence-electron chi connectivity index (χ2n) is 4.87. The SMILES string of the molecule is C[C@@H](NC(=O)c1ccc(Br)o1)c1cccc2ccccc12. The molecule has 0 spiro atoms. The van der Waals surface area contributed by atoms with Crippen molar-refractivity contribution in [3.8, 4) is 0 Å². The molecule has 106 valence electrons. The Labute approximate surface area is 131 Å². The monoisotopic (exact) mass is 343 g/mol. The molecular formula is C17H14BrNO2. The molecule has 0 saturated carbocycles. The van der Waals surface area contributed by atoms with Crippen molar-refractivity contribution in [2.45, 2.75) is 13.0 Å². The van der Waals surface area contributed by atoms with Gasteiger partial charge in [0, 0.05) is 0 Å². The molecule has 4 heteroatoms. The van der Waals surface area contributed by atoms with E-state index in [1.807, 2.05) is 31.2 Å². The fraction of sp³-hybridized carbons (Fsp3) is 0.118. The highest BCUT2D eigenvalue weighted by Crippen LogP contribution is 2.24. The van der Waals surface area contributed by atoms with Gasteiger partial charge < -0.3 is 9.73 Å². The minimum Gasteiger partial charge on any atom is -0.444 e. The zero-order valence-electron chi connectivity index (χ0n) is 11.5. The number of fused-ring (bicyclic) bond motifs is 1. The molecule has 0 fully saturated rings. The number of benzene rings is 2. The van der Waals surface area contributed by atoms with Crippen LogP contribution in [0.4, 0.5) is 0 Å². The van der Waals surface area contributed by atoms with Crippen molar-refractivity contribution < 1.29 is 9.21 Å². The normalized spacial score (nSPS) is 12.3. The number of furan rings is 1. The Morgan fingerprint density at radius 2 is 1.86 bits per heavy atom. The summed E-state index contributed by atoms with van der Waals surface area (Å²) in [5.74, 6) is 0.0788. The maximum Gasteiger partial charge on any atom is 0.287 e. The third kappa shape index (κ3) is 2.85. The van der Waals surface area contributed by atoms with Gasteiger partial charge in [0.2, 0.25) is 0 Å². The van der Waals surface area contributed by atoms with Gasteiger partial charge in [-0.25, -0.2) is 0 Å². The highest BCUT2D eigenvalue weighted by molar-refractivity contribution is 9.10. The quantitative estimate of drug-likeness (QED) is 0.749. The average molecular weight is 344 g/mol. The van der Waals surface area contributed by atoms with Crippen LogP contribution in [0.5, 0.6) is 0 Å². The van der Waals surface area contributed by atoms with Crippen molar-refractivity contribution in [3.63, 3.8) is 0 Å². The molecule has 3 rings (SSSR count). The van der Waals surface area contributed by atoms with Crippen LogP contribution in [0.1, 0.15) is 29.1 Å². The lowest BCUT2D eigenvalue weighted by molar-refractivity contribution is 0.0911. The van der Waals surface area contributed by atoms with E-state index in [4.69, 9.17) is 4.42 Å². The van der Waals surface area contributed by atoms with Crippen molar-refractivity contribution in [2.24, 2.45) is 0 Å². The molecule has 1 amide bonds. The van der Waals surface area contributed by atoms with E-state index in [1.54, 1.807) is 12.1 Å². The van der Waals surface area contributed by atoms with Gasteiger partial charge in [-0.1, -0.05) is 42.5 Å². The Balaban J connectivity index is 1.87.